The molecule has 0 fully saturated rings. The van der Waals surface area contributed by atoms with E-state index in [1.807, 2.05) is 39.0 Å². The number of amides is 1. The van der Waals surface area contributed by atoms with Gasteiger partial charge in [-0.3, -0.25) is 4.79 Å². The van der Waals surface area contributed by atoms with Crippen LogP contribution in [-0.4, -0.2) is 33.9 Å². The van der Waals surface area contributed by atoms with E-state index in [4.69, 9.17) is 0 Å². The molecule has 1 aromatic heterocycles. The summed E-state index contributed by atoms with van der Waals surface area (Å²) in [6.07, 6.45) is 1.41. The smallest absolute Gasteiger partial charge is 0.272 e. The van der Waals surface area contributed by atoms with Crippen LogP contribution in [0.25, 0.3) is 0 Å². The minimum Gasteiger partial charge on any atom is -0.340 e. The van der Waals surface area contributed by atoms with Crippen molar-refractivity contribution in [2.45, 2.75) is 20.8 Å². The maximum Gasteiger partial charge on any atom is 0.272 e. The molecule has 0 saturated carbocycles. The highest BCUT2D eigenvalue weighted by molar-refractivity contribution is 9.10. The maximum atomic E-state index is 12.3. The van der Waals surface area contributed by atoms with Crippen LogP contribution in [0.15, 0.2) is 35.1 Å². The second-order valence-corrected chi connectivity index (χ2v) is 5.71. The van der Waals surface area contributed by atoms with Crippen LogP contribution in [0.3, 0.4) is 0 Å². The number of aryl methyl sites for hydroxylation is 1. The highest BCUT2D eigenvalue weighted by Crippen LogP contribution is 2.23. The summed E-state index contributed by atoms with van der Waals surface area (Å²) in [6, 6.07) is 7.63. The summed E-state index contributed by atoms with van der Waals surface area (Å²) in [6.45, 7) is 7.25. The average molecular weight is 363 g/mol. The van der Waals surface area contributed by atoms with E-state index in [-0.39, 0.29) is 5.91 Å². The van der Waals surface area contributed by atoms with Gasteiger partial charge in [-0.1, -0.05) is 22.0 Å². The molecule has 0 aliphatic carbocycles. The Morgan fingerprint density at radius 3 is 2.59 bits per heavy atom. The standard InChI is InChI=1S/C16H19BrN4O/c1-4-21(5-2)16(22)14-9-15(19-10-18-14)20-12-7-6-11(3)13(17)8-12/h6-10H,4-5H2,1-3H3,(H,18,19,20). The second kappa shape index (κ2) is 7.35. The number of rotatable bonds is 5. The van der Waals surface area contributed by atoms with Gasteiger partial charge in [-0.15, -0.1) is 0 Å². The number of hydrogen-bond acceptors (Lipinski definition) is 4. The first-order valence-corrected chi connectivity index (χ1v) is 7.99. The summed E-state index contributed by atoms with van der Waals surface area (Å²) in [5, 5.41) is 3.19. The fraction of sp³-hybridized carbons (Fsp3) is 0.312. The van der Waals surface area contributed by atoms with E-state index in [0.29, 0.717) is 24.6 Å². The number of carbonyl (C=O) groups is 1. The monoisotopic (exact) mass is 362 g/mol. The maximum absolute atomic E-state index is 12.3. The van der Waals surface area contributed by atoms with Crippen molar-refractivity contribution in [1.29, 1.82) is 0 Å². The van der Waals surface area contributed by atoms with Crippen molar-refractivity contribution in [3.05, 3.63) is 46.3 Å². The molecule has 1 aromatic carbocycles. The molecule has 1 amide bonds. The molecule has 1 heterocycles. The third-order valence-electron chi connectivity index (χ3n) is 3.38. The van der Waals surface area contributed by atoms with Crippen LogP contribution >= 0.6 is 15.9 Å². The third kappa shape index (κ3) is 3.82. The fourth-order valence-electron chi connectivity index (χ4n) is 2.03. The Hall–Kier alpha value is -1.95. The van der Waals surface area contributed by atoms with Crippen LogP contribution in [0.4, 0.5) is 11.5 Å². The number of aromatic nitrogens is 2. The van der Waals surface area contributed by atoms with E-state index in [1.54, 1.807) is 11.0 Å². The predicted molar refractivity (Wildman–Crippen MR) is 91.4 cm³/mol. The van der Waals surface area contributed by atoms with Gasteiger partial charge >= 0.3 is 0 Å². The quantitative estimate of drug-likeness (QED) is 0.879. The highest BCUT2D eigenvalue weighted by Gasteiger charge is 2.14. The molecular formula is C16H19BrN4O. The zero-order valence-electron chi connectivity index (χ0n) is 12.9. The van der Waals surface area contributed by atoms with Gasteiger partial charge in [0.15, 0.2) is 0 Å². The van der Waals surface area contributed by atoms with E-state index in [0.717, 1.165) is 15.7 Å². The molecule has 2 aromatic rings. The minimum absolute atomic E-state index is 0.0828. The van der Waals surface area contributed by atoms with Gasteiger partial charge in [0.1, 0.15) is 17.8 Å². The second-order valence-electron chi connectivity index (χ2n) is 4.85. The van der Waals surface area contributed by atoms with Crippen molar-refractivity contribution in [3.8, 4) is 0 Å². The van der Waals surface area contributed by atoms with Crippen molar-refractivity contribution in [2.24, 2.45) is 0 Å². The largest absolute Gasteiger partial charge is 0.340 e. The molecule has 22 heavy (non-hydrogen) atoms. The van der Waals surface area contributed by atoms with E-state index < -0.39 is 0 Å². The van der Waals surface area contributed by atoms with Crippen molar-refractivity contribution < 1.29 is 4.79 Å². The molecule has 0 aliphatic heterocycles. The number of halogens is 1. The predicted octanol–water partition coefficient (Wildman–Crippen LogP) is 3.77. The molecule has 0 unspecified atom stereocenters. The molecule has 0 atom stereocenters. The Morgan fingerprint density at radius 1 is 1.23 bits per heavy atom. The number of nitrogens with zero attached hydrogens (tertiary/aromatic N) is 3. The molecule has 116 valence electrons. The summed E-state index contributed by atoms with van der Waals surface area (Å²) in [4.78, 5) is 22.3. The lowest BCUT2D eigenvalue weighted by molar-refractivity contribution is 0.0767. The van der Waals surface area contributed by atoms with Crippen molar-refractivity contribution in [2.75, 3.05) is 18.4 Å². The molecule has 0 spiro atoms. The van der Waals surface area contributed by atoms with Crippen molar-refractivity contribution >= 4 is 33.3 Å². The van der Waals surface area contributed by atoms with Gasteiger partial charge in [-0.25, -0.2) is 9.97 Å². The van der Waals surface area contributed by atoms with Gasteiger partial charge in [-0.05, 0) is 38.5 Å². The Labute approximate surface area is 138 Å². The van der Waals surface area contributed by atoms with Crippen LogP contribution in [0, 0.1) is 6.92 Å². The summed E-state index contributed by atoms with van der Waals surface area (Å²) in [7, 11) is 0. The van der Waals surface area contributed by atoms with E-state index in [1.165, 1.54) is 6.33 Å². The van der Waals surface area contributed by atoms with Gasteiger partial charge in [0.05, 0.1) is 0 Å². The Balaban J connectivity index is 2.21. The number of hydrogen-bond donors (Lipinski definition) is 1. The lowest BCUT2D eigenvalue weighted by Gasteiger charge is -2.18. The van der Waals surface area contributed by atoms with E-state index >= 15 is 0 Å². The van der Waals surface area contributed by atoms with Crippen LogP contribution in [0.1, 0.15) is 29.9 Å². The summed E-state index contributed by atoms with van der Waals surface area (Å²) in [5.74, 6) is 0.516. The van der Waals surface area contributed by atoms with Crippen LogP contribution in [0.2, 0.25) is 0 Å². The van der Waals surface area contributed by atoms with Gasteiger partial charge in [-0.2, -0.15) is 0 Å². The fourth-order valence-corrected chi connectivity index (χ4v) is 2.41. The van der Waals surface area contributed by atoms with Gasteiger partial charge in [0.25, 0.3) is 5.91 Å². The average Bonchev–Trinajstić information content (AvgIpc) is 2.52. The highest BCUT2D eigenvalue weighted by atomic mass is 79.9. The SMILES string of the molecule is CCN(CC)C(=O)c1cc(Nc2ccc(C)c(Br)c2)ncn1. The molecule has 0 bridgehead atoms. The van der Waals surface area contributed by atoms with Crippen LogP contribution in [-0.2, 0) is 0 Å². The summed E-state index contributed by atoms with van der Waals surface area (Å²) >= 11 is 3.50. The number of carbonyl (C=O) groups excluding carboxylic acids is 1. The number of anilines is 2. The molecule has 2 rings (SSSR count). The number of benzene rings is 1. The molecule has 0 aliphatic rings. The van der Waals surface area contributed by atoms with E-state index in [2.05, 4.69) is 31.2 Å². The van der Waals surface area contributed by atoms with Crippen LogP contribution < -0.4 is 5.32 Å². The first-order chi connectivity index (χ1) is 10.5. The lowest BCUT2D eigenvalue weighted by Crippen LogP contribution is -2.31. The van der Waals surface area contributed by atoms with Gasteiger partial charge < -0.3 is 10.2 Å². The topological polar surface area (TPSA) is 58.1 Å². The van der Waals surface area contributed by atoms with Crippen molar-refractivity contribution in [3.63, 3.8) is 0 Å². The Kier molecular flexibility index (Phi) is 5.49. The molecule has 0 saturated heterocycles. The zero-order valence-corrected chi connectivity index (χ0v) is 14.5. The molecule has 0 radical (unpaired) electrons. The summed E-state index contributed by atoms with van der Waals surface area (Å²) < 4.78 is 1.02. The van der Waals surface area contributed by atoms with E-state index in [9.17, 15) is 4.79 Å². The minimum atomic E-state index is -0.0828. The molecule has 6 heteroatoms. The third-order valence-corrected chi connectivity index (χ3v) is 4.24. The van der Waals surface area contributed by atoms with Crippen molar-refractivity contribution in [1.82, 2.24) is 14.9 Å². The molecular weight excluding hydrogens is 344 g/mol. The zero-order chi connectivity index (χ0) is 16.1. The Bertz CT molecular complexity index is 671. The molecule has 5 nitrogen and oxygen atoms in total. The normalized spacial score (nSPS) is 10.4. The lowest BCUT2D eigenvalue weighted by atomic mass is 10.2. The van der Waals surface area contributed by atoms with Crippen LogP contribution in [0.5, 0.6) is 0 Å². The van der Waals surface area contributed by atoms with Gasteiger partial charge in [0, 0.05) is 29.3 Å². The first-order valence-electron chi connectivity index (χ1n) is 7.19. The molecule has 1 N–H and O–H groups in total. The summed E-state index contributed by atoms with van der Waals surface area (Å²) in [5.41, 5.74) is 2.45. The Morgan fingerprint density at radius 2 is 1.95 bits per heavy atom. The van der Waals surface area contributed by atoms with Gasteiger partial charge in [0.2, 0.25) is 0 Å². The number of nitrogens with one attached hydrogen (secondary N) is 1. The first kappa shape index (κ1) is 16.4.